The molecule has 0 unspecified atom stereocenters. The molecule has 1 N–H and O–H groups in total. The van der Waals surface area contributed by atoms with Gasteiger partial charge in [0.15, 0.2) is 0 Å². The van der Waals surface area contributed by atoms with Gasteiger partial charge >= 0.3 is 0 Å². The number of aromatic nitrogens is 3. The van der Waals surface area contributed by atoms with Crippen LogP contribution in [0.1, 0.15) is 25.6 Å². The summed E-state index contributed by atoms with van der Waals surface area (Å²) in [6, 6.07) is 8.99. The van der Waals surface area contributed by atoms with Gasteiger partial charge in [0.2, 0.25) is 0 Å². The molecule has 0 bridgehead atoms. The van der Waals surface area contributed by atoms with E-state index in [-0.39, 0.29) is 24.3 Å². The highest BCUT2D eigenvalue weighted by Gasteiger charge is 2.30. The zero-order chi connectivity index (χ0) is 17.6. The molecule has 0 saturated heterocycles. The van der Waals surface area contributed by atoms with Crippen molar-refractivity contribution < 1.29 is 4.39 Å². The van der Waals surface area contributed by atoms with Gasteiger partial charge in [-0.3, -0.25) is 9.67 Å². The largest absolute Gasteiger partial charge is 0.304 e. The molecular formula is C19H19Cl2FN4. The van der Waals surface area contributed by atoms with Gasteiger partial charge in [0.1, 0.15) is 11.5 Å². The Morgan fingerprint density at radius 2 is 1.92 bits per heavy atom. The Labute approximate surface area is 162 Å². The molecule has 136 valence electrons. The molecule has 4 nitrogen and oxygen atoms in total. The van der Waals surface area contributed by atoms with E-state index in [2.05, 4.69) is 24.1 Å². The third-order valence-corrected chi connectivity index (χ3v) is 4.77. The maximum absolute atomic E-state index is 14.6. The number of nitrogens with zero attached hydrogens (tertiary/aromatic N) is 3. The fourth-order valence-corrected chi connectivity index (χ4v) is 3.70. The first-order valence-corrected chi connectivity index (χ1v) is 8.65. The normalized spacial score (nSPS) is 18.9. The summed E-state index contributed by atoms with van der Waals surface area (Å²) in [5.41, 5.74) is 4.07. The van der Waals surface area contributed by atoms with Crippen molar-refractivity contribution in [3.05, 3.63) is 59.3 Å². The molecule has 1 aliphatic heterocycles. The Hall–Kier alpha value is -1.95. The first-order chi connectivity index (χ1) is 12.0. The van der Waals surface area contributed by atoms with Gasteiger partial charge in [-0.1, -0.05) is 11.6 Å². The summed E-state index contributed by atoms with van der Waals surface area (Å²) in [7, 11) is 0. The maximum Gasteiger partial charge on any atom is 0.134 e. The molecule has 7 heteroatoms. The van der Waals surface area contributed by atoms with E-state index in [4.69, 9.17) is 16.7 Å². The third-order valence-electron chi connectivity index (χ3n) is 4.54. The monoisotopic (exact) mass is 392 g/mol. The topological polar surface area (TPSA) is 42.7 Å². The lowest BCUT2D eigenvalue weighted by molar-refractivity contribution is 0.345. The molecule has 26 heavy (non-hydrogen) atoms. The van der Waals surface area contributed by atoms with Gasteiger partial charge in [0.25, 0.3) is 0 Å². The quantitative estimate of drug-likeness (QED) is 0.675. The highest BCUT2D eigenvalue weighted by Crippen LogP contribution is 2.39. The van der Waals surface area contributed by atoms with Crippen molar-refractivity contribution in [1.29, 1.82) is 0 Å². The Bertz CT molecular complexity index is 927. The molecule has 0 amide bonds. The molecule has 2 atom stereocenters. The summed E-state index contributed by atoms with van der Waals surface area (Å²) in [4.78, 5) is 4.10. The zero-order valence-corrected chi connectivity index (χ0v) is 16.0. The number of benzene rings is 1. The second kappa shape index (κ2) is 7.35. The number of hydrogen-bond donors (Lipinski definition) is 1. The molecule has 1 aromatic carbocycles. The first kappa shape index (κ1) is 18.8. The Morgan fingerprint density at radius 3 is 2.62 bits per heavy atom. The maximum atomic E-state index is 14.6. The van der Waals surface area contributed by atoms with Crippen LogP contribution in [0.25, 0.3) is 22.4 Å². The number of hydrogen-bond acceptors (Lipinski definition) is 3. The number of pyridine rings is 1. The lowest BCUT2D eigenvalue weighted by Gasteiger charge is -2.28. The van der Waals surface area contributed by atoms with Gasteiger partial charge in [-0.25, -0.2) is 4.39 Å². The number of nitrogens with one attached hydrogen (secondary N) is 1. The van der Waals surface area contributed by atoms with Crippen LogP contribution in [0.3, 0.4) is 0 Å². The van der Waals surface area contributed by atoms with Gasteiger partial charge in [-0.2, -0.15) is 5.10 Å². The van der Waals surface area contributed by atoms with Crippen LogP contribution in [0, 0.1) is 5.82 Å². The molecule has 0 saturated carbocycles. The molecule has 3 heterocycles. The standard InChI is InChI=1S/C19H18ClFN4.ClH/c1-11-10-25-19(12(2)23-11)17(13-5-7-22-8-6-13)18(24-25)15-4-3-14(20)9-16(15)21;/h3-9,11-12,23H,10H2,1-2H3;1H/t11-,12-;/m1./s1. The van der Waals surface area contributed by atoms with Crippen molar-refractivity contribution in [1.82, 2.24) is 20.1 Å². The van der Waals surface area contributed by atoms with Crippen LogP contribution in [-0.4, -0.2) is 20.8 Å². The van der Waals surface area contributed by atoms with E-state index < -0.39 is 0 Å². The SMILES string of the molecule is C[C@@H]1Cn2nc(-c3ccc(Cl)cc3F)c(-c3ccncc3)c2[C@@H](C)N1.Cl. The van der Waals surface area contributed by atoms with E-state index in [1.54, 1.807) is 24.5 Å². The lowest BCUT2D eigenvalue weighted by Crippen LogP contribution is -2.39. The molecule has 0 aliphatic carbocycles. The van der Waals surface area contributed by atoms with Crippen molar-refractivity contribution in [2.75, 3.05) is 0 Å². The van der Waals surface area contributed by atoms with Crippen molar-refractivity contribution in [2.45, 2.75) is 32.5 Å². The van der Waals surface area contributed by atoms with E-state index in [0.29, 0.717) is 22.3 Å². The summed E-state index contributed by atoms with van der Waals surface area (Å²) in [5.74, 6) is -0.369. The van der Waals surface area contributed by atoms with Crippen molar-refractivity contribution in [3.8, 4) is 22.4 Å². The van der Waals surface area contributed by atoms with E-state index in [0.717, 1.165) is 23.4 Å². The smallest absolute Gasteiger partial charge is 0.134 e. The van der Waals surface area contributed by atoms with Crippen LogP contribution in [0.15, 0.2) is 42.7 Å². The van der Waals surface area contributed by atoms with Gasteiger partial charge in [0.05, 0.1) is 12.2 Å². The van der Waals surface area contributed by atoms with E-state index >= 15 is 0 Å². The minimum atomic E-state index is -0.369. The second-order valence-corrected chi connectivity index (χ2v) is 6.88. The molecular weight excluding hydrogens is 374 g/mol. The van der Waals surface area contributed by atoms with E-state index in [1.165, 1.54) is 6.07 Å². The Morgan fingerprint density at radius 1 is 1.19 bits per heavy atom. The molecule has 4 rings (SSSR count). The van der Waals surface area contributed by atoms with Crippen LogP contribution in [0.2, 0.25) is 5.02 Å². The van der Waals surface area contributed by atoms with Crippen LogP contribution in [-0.2, 0) is 6.54 Å². The van der Waals surface area contributed by atoms with E-state index in [1.807, 2.05) is 16.8 Å². The van der Waals surface area contributed by atoms with Gasteiger partial charge in [0, 0.05) is 40.6 Å². The van der Waals surface area contributed by atoms with Gasteiger partial charge in [-0.05, 0) is 49.7 Å². The molecule has 0 radical (unpaired) electrons. The highest BCUT2D eigenvalue weighted by molar-refractivity contribution is 6.30. The highest BCUT2D eigenvalue weighted by atomic mass is 35.5. The van der Waals surface area contributed by atoms with Gasteiger partial charge < -0.3 is 5.32 Å². The summed E-state index contributed by atoms with van der Waals surface area (Å²) < 4.78 is 16.6. The third kappa shape index (κ3) is 3.22. The molecule has 1 aliphatic rings. The van der Waals surface area contributed by atoms with Crippen LogP contribution >= 0.6 is 24.0 Å². The van der Waals surface area contributed by atoms with Crippen molar-refractivity contribution in [3.63, 3.8) is 0 Å². The molecule has 0 fully saturated rings. The van der Waals surface area contributed by atoms with E-state index in [9.17, 15) is 4.39 Å². The first-order valence-electron chi connectivity index (χ1n) is 8.27. The van der Waals surface area contributed by atoms with Crippen molar-refractivity contribution >= 4 is 24.0 Å². The fourth-order valence-electron chi connectivity index (χ4n) is 3.55. The molecule has 0 spiro atoms. The number of fused-ring (bicyclic) bond motifs is 1. The fraction of sp³-hybridized carbons (Fsp3) is 0.263. The van der Waals surface area contributed by atoms with Crippen LogP contribution < -0.4 is 5.32 Å². The zero-order valence-electron chi connectivity index (χ0n) is 14.4. The minimum Gasteiger partial charge on any atom is -0.304 e. The summed E-state index contributed by atoms with van der Waals surface area (Å²) >= 11 is 5.92. The molecule has 2 aromatic heterocycles. The van der Waals surface area contributed by atoms with Crippen molar-refractivity contribution in [2.24, 2.45) is 0 Å². The predicted octanol–water partition coefficient (Wildman–Crippen LogP) is 4.88. The number of halogens is 3. The van der Waals surface area contributed by atoms with Crippen LogP contribution in [0.5, 0.6) is 0 Å². The predicted molar refractivity (Wildman–Crippen MR) is 104 cm³/mol. The Kier molecular flexibility index (Phi) is 5.32. The van der Waals surface area contributed by atoms with Gasteiger partial charge in [-0.15, -0.1) is 12.4 Å². The molecule has 3 aromatic rings. The second-order valence-electron chi connectivity index (χ2n) is 6.44. The van der Waals surface area contributed by atoms with Crippen LogP contribution in [0.4, 0.5) is 4.39 Å². The average molecular weight is 393 g/mol. The minimum absolute atomic E-state index is 0. The average Bonchev–Trinajstić information content (AvgIpc) is 2.95. The summed E-state index contributed by atoms with van der Waals surface area (Å²) in [6.07, 6.45) is 3.48. The lowest BCUT2D eigenvalue weighted by atomic mass is 9.96. The summed E-state index contributed by atoms with van der Waals surface area (Å²) in [5, 5.41) is 8.68. The number of rotatable bonds is 2. The Balaban J connectivity index is 0.00000196. The summed E-state index contributed by atoms with van der Waals surface area (Å²) in [6.45, 7) is 4.97.